The van der Waals surface area contributed by atoms with E-state index >= 15 is 0 Å². The molecular weight excluding hydrogens is 185 g/mol. The molecule has 0 saturated heterocycles. The fourth-order valence-corrected chi connectivity index (χ4v) is 1.26. The Bertz CT molecular complexity index is 454. The molecule has 0 aliphatic heterocycles. The molecular formula is C9H10FN3O. The predicted octanol–water partition coefficient (Wildman–Crippen LogP) is 0.694. The van der Waals surface area contributed by atoms with E-state index in [0.29, 0.717) is 16.9 Å². The lowest BCUT2D eigenvalue weighted by Crippen LogP contribution is -2.15. The molecule has 4 nitrogen and oxygen atoms in total. The highest BCUT2D eigenvalue weighted by molar-refractivity contribution is 5.75. The number of aromatic nitrogens is 2. The molecule has 1 atom stereocenters. The van der Waals surface area contributed by atoms with Crippen LogP contribution >= 0.6 is 0 Å². The van der Waals surface area contributed by atoms with Crippen molar-refractivity contribution in [2.45, 2.75) is 6.04 Å². The first kappa shape index (κ1) is 9.11. The summed E-state index contributed by atoms with van der Waals surface area (Å²) in [6, 6.07) is 3.69. The topological polar surface area (TPSA) is 74.9 Å². The van der Waals surface area contributed by atoms with E-state index in [1.54, 1.807) is 6.07 Å². The second kappa shape index (κ2) is 3.36. The predicted molar refractivity (Wildman–Crippen MR) is 50.1 cm³/mol. The van der Waals surface area contributed by atoms with Crippen LogP contribution in [0.4, 0.5) is 4.39 Å². The monoisotopic (exact) mass is 195 g/mol. The van der Waals surface area contributed by atoms with Gasteiger partial charge in [-0.2, -0.15) is 0 Å². The number of aliphatic hydroxyl groups is 1. The maximum absolute atomic E-state index is 12.8. The second-order valence-corrected chi connectivity index (χ2v) is 3.07. The van der Waals surface area contributed by atoms with Crippen LogP contribution in [0, 0.1) is 5.82 Å². The van der Waals surface area contributed by atoms with Gasteiger partial charge in [-0.1, -0.05) is 0 Å². The molecule has 0 amide bonds. The van der Waals surface area contributed by atoms with E-state index in [4.69, 9.17) is 10.8 Å². The largest absolute Gasteiger partial charge is 0.394 e. The summed E-state index contributed by atoms with van der Waals surface area (Å²) in [6.07, 6.45) is 0. The summed E-state index contributed by atoms with van der Waals surface area (Å²) in [5.41, 5.74) is 6.79. The van der Waals surface area contributed by atoms with Crippen LogP contribution in [0.3, 0.4) is 0 Å². The standard InChI is InChI=1S/C9H10FN3O/c10-5-1-2-7-8(3-5)13-9(12-7)6(11)4-14/h1-3,6,14H,4,11H2,(H,12,13). The zero-order valence-corrected chi connectivity index (χ0v) is 7.37. The van der Waals surface area contributed by atoms with E-state index in [2.05, 4.69) is 9.97 Å². The Balaban J connectivity index is 2.51. The van der Waals surface area contributed by atoms with Gasteiger partial charge in [-0.05, 0) is 18.2 Å². The van der Waals surface area contributed by atoms with Gasteiger partial charge in [0.05, 0.1) is 23.7 Å². The maximum Gasteiger partial charge on any atom is 0.126 e. The minimum Gasteiger partial charge on any atom is -0.394 e. The first-order valence-corrected chi connectivity index (χ1v) is 4.22. The quantitative estimate of drug-likeness (QED) is 0.660. The van der Waals surface area contributed by atoms with Gasteiger partial charge in [0.15, 0.2) is 0 Å². The van der Waals surface area contributed by atoms with Crippen LogP contribution in [0.15, 0.2) is 18.2 Å². The van der Waals surface area contributed by atoms with Gasteiger partial charge < -0.3 is 15.8 Å². The molecule has 0 aliphatic rings. The Kier molecular flexibility index (Phi) is 2.18. The molecule has 1 aromatic heterocycles. The molecule has 0 fully saturated rings. The van der Waals surface area contributed by atoms with E-state index in [1.807, 2.05) is 0 Å². The summed E-state index contributed by atoms with van der Waals surface area (Å²) in [5.74, 6) is 0.137. The summed E-state index contributed by atoms with van der Waals surface area (Å²) < 4.78 is 12.8. The fraction of sp³-hybridized carbons (Fsp3) is 0.222. The van der Waals surface area contributed by atoms with E-state index in [9.17, 15) is 4.39 Å². The molecule has 0 bridgehead atoms. The third-order valence-corrected chi connectivity index (χ3v) is 2.01. The van der Waals surface area contributed by atoms with Crippen molar-refractivity contribution in [1.82, 2.24) is 9.97 Å². The highest BCUT2D eigenvalue weighted by Gasteiger charge is 2.09. The number of rotatable bonds is 2. The molecule has 1 unspecified atom stereocenters. The third kappa shape index (κ3) is 1.47. The van der Waals surface area contributed by atoms with Crippen LogP contribution in [0.1, 0.15) is 11.9 Å². The summed E-state index contributed by atoms with van der Waals surface area (Å²) in [7, 11) is 0. The first-order chi connectivity index (χ1) is 6.70. The van der Waals surface area contributed by atoms with Crippen LogP contribution in [0.25, 0.3) is 11.0 Å². The number of nitrogens with two attached hydrogens (primary N) is 1. The summed E-state index contributed by atoms with van der Waals surface area (Å²) >= 11 is 0. The van der Waals surface area contributed by atoms with E-state index in [1.165, 1.54) is 12.1 Å². The van der Waals surface area contributed by atoms with E-state index in [0.717, 1.165) is 0 Å². The van der Waals surface area contributed by atoms with Crippen LogP contribution < -0.4 is 5.73 Å². The molecule has 0 saturated carbocycles. The average Bonchev–Trinajstić information content (AvgIpc) is 2.59. The third-order valence-electron chi connectivity index (χ3n) is 2.01. The van der Waals surface area contributed by atoms with Gasteiger partial charge in [0.2, 0.25) is 0 Å². The Morgan fingerprint density at radius 3 is 3.07 bits per heavy atom. The van der Waals surface area contributed by atoms with Gasteiger partial charge in [0.1, 0.15) is 11.6 Å². The number of hydrogen-bond acceptors (Lipinski definition) is 3. The Hall–Kier alpha value is -1.46. The Morgan fingerprint density at radius 1 is 1.57 bits per heavy atom. The molecule has 74 valence electrons. The molecule has 4 N–H and O–H groups in total. The fourth-order valence-electron chi connectivity index (χ4n) is 1.26. The number of halogens is 1. The highest BCUT2D eigenvalue weighted by atomic mass is 19.1. The summed E-state index contributed by atoms with van der Waals surface area (Å²) in [5, 5.41) is 8.81. The zero-order chi connectivity index (χ0) is 10.1. The van der Waals surface area contributed by atoms with E-state index in [-0.39, 0.29) is 12.4 Å². The minimum absolute atomic E-state index is 0.192. The van der Waals surface area contributed by atoms with Crippen molar-refractivity contribution in [3.05, 3.63) is 29.8 Å². The van der Waals surface area contributed by atoms with Crippen molar-refractivity contribution in [2.75, 3.05) is 6.61 Å². The lowest BCUT2D eigenvalue weighted by molar-refractivity contribution is 0.264. The Morgan fingerprint density at radius 2 is 2.36 bits per heavy atom. The van der Waals surface area contributed by atoms with Crippen molar-refractivity contribution in [3.63, 3.8) is 0 Å². The molecule has 5 heteroatoms. The lowest BCUT2D eigenvalue weighted by atomic mass is 10.3. The average molecular weight is 195 g/mol. The number of benzene rings is 1. The molecule has 2 rings (SSSR count). The van der Waals surface area contributed by atoms with Crippen LogP contribution in [-0.2, 0) is 0 Å². The molecule has 1 heterocycles. The van der Waals surface area contributed by atoms with Crippen LogP contribution in [0.5, 0.6) is 0 Å². The zero-order valence-electron chi connectivity index (χ0n) is 7.37. The maximum atomic E-state index is 12.8. The first-order valence-electron chi connectivity index (χ1n) is 4.22. The van der Waals surface area contributed by atoms with Crippen molar-refractivity contribution in [2.24, 2.45) is 5.73 Å². The number of hydrogen-bond donors (Lipinski definition) is 3. The van der Waals surface area contributed by atoms with Gasteiger partial charge in [0.25, 0.3) is 0 Å². The molecule has 0 spiro atoms. The van der Waals surface area contributed by atoms with Crippen molar-refractivity contribution < 1.29 is 9.50 Å². The number of aliphatic hydroxyl groups excluding tert-OH is 1. The Labute approximate surface area is 79.6 Å². The number of fused-ring (bicyclic) bond motifs is 1. The van der Waals surface area contributed by atoms with Gasteiger partial charge in [-0.25, -0.2) is 9.37 Å². The molecule has 0 radical (unpaired) electrons. The highest BCUT2D eigenvalue weighted by Crippen LogP contribution is 2.15. The van der Waals surface area contributed by atoms with E-state index < -0.39 is 6.04 Å². The smallest absolute Gasteiger partial charge is 0.126 e. The minimum atomic E-state index is -0.550. The number of imidazole rings is 1. The van der Waals surface area contributed by atoms with Gasteiger partial charge >= 0.3 is 0 Å². The molecule has 14 heavy (non-hydrogen) atoms. The second-order valence-electron chi connectivity index (χ2n) is 3.07. The molecule has 0 aliphatic carbocycles. The lowest BCUT2D eigenvalue weighted by Gasteiger charge is -2.01. The normalized spacial score (nSPS) is 13.4. The van der Waals surface area contributed by atoms with Crippen LogP contribution in [-0.4, -0.2) is 21.7 Å². The van der Waals surface area contributed by atoms with Gasteiger partial charge in [-0.15, -0.1) is 0 Å². The van der Waals surface area contributed by atoms with Gasteiger partial charge in [-0.3, -0.25) is 0 Å². The van der Waals surface area contributed by atoms with Crippen molar-refractivity contribution in [1.29, 1.82) is 0 Å². The van der Waals surface area contributed by atoms with Crippen LogP contribution in [0.2, 0.25) is 0 Å². The molecule has 1 aromatic carbocycles. The van der Waals surface area contributed by atoms with Gasteiger partial charge in [0, 0.05) is 0 Å². The molecule has 2 aromatic rings. The summed E-state index contributed by atoms with van der Waals surface area (Å²) in [4.78, 5) is 6.97. The number of aromatic amines is 1. The summed E-state index contributed by atoms with van der Waals surface area (Å²) in [6.45, 7) is -0.192. The number of H-pyrrole nitrogens is 1. The van der Waals surface area contributed by atoms with Crippen molar-refractivity contribution in [3.8, 4) is 0 Å². The number of nitrogens with zero attached hydrogens (tertiary/aromatic N) is 1. The number of nitrogens with one attached hydrogen (secondary N) is 1. The SMILES string of the molecule is NC(CO)c1nc2ccc(F)cc2[nH]1. The van der Waals surface area contributed by atoms with Crippen molar-refractivity contribution >= 4 is 11.0 Å².